The Morgan fingerprint density at radius 3 is 2.32 bits per heavy atom. The van der Waals surface area contributed by atoms with Crippen molar-refractivity contribution in [1.29, 1.82) is 0 Å². The van der Waals surface area contributed by atoms with E-state index in [4.69, 9.17) is 32.7 Å². The fourth-order valence-corrected chi connectivity index (χ4v) is 5.45. The lowest BCUT2D eigenvalue weighted by Crippen LogP contribution is -2.42. The monoisotopic (exact) mass is 485 g/mol. The first-order valence-corrected chi connectivity index (χ1v) is 11.6. The molecule has 0 N–H and O–H groups in total. The fraction of sp³-hybridized carbons (Fsp3) is 0.333. The van der Waals surface area contributed by atoms with E-state index in [0.717, 1.165) is 0 Å². The molecule has 0 bridgehead atoms. The van der Waals surface area contributed by atoms with E-state index in [1.807, 2.05) is 0 Å². The van der Waals surface area contributed by atoms with Crippen molar-refractivity contribution in [2.24, 2.45) is 5.92 Å². The molecule has 2 aromatic rings. The lowest BCUT2D eigenvalue weighted by molar-refractivity contribution is -0.131. The molecule has 166 valence electrons. The second-order valence-corrected chi connectivity index (χ2v) is 9.78. The number of halogens is 2. The van der Waals surface area contributed by atoms with Gasteiger partial charge in [-0.3, -0.25) is 9.59 Å². The van der Waals surface area contributed by atoms with Crippen LogP contribution < -0.4 is 9.47 Å². The summed E-state index contributed by atoms with van der Waals surface area (Å²) in [5.74, 6) is -1.23. The number of sulfonamides is 1. The highest BCUT2D eigenvalue weighted by Gasteiger charge is 2.39. The second-order valence-electron chi connectivity index (χ2n) is 7.08. The third kappa shape index (κ3) is 4.97. The first-order chi connectivity index (χ1) is 14.7. The molecule has 1 heterocycles. The van der Waals surface area contributed by atoms with E-state index >= 15 is 0 Å². The number of hydrogen-bond donors (Lipinski definition) is 0. The van der Waals surface area contributed by atoms with E-state index in [9.17, 15) is 18.0 Å². The maximum atomic E-state index is 13.3. The van der Waals surface area contributed by atoms with Crippen molar-refractivity contribution < 1.29 is 27.5 Å². The molecule has 0 aromatic heterocycles. The smallest absolute Gasteiger partial charge is 0.270 e. The molecule has 31 heavy (non-hydrogen) atoms. The number of carbonyl (C=O) groups excluding carboxylic acids is 2. The molecule has 3 rings (SSSR count). The Morgan fingerprint density at radius 1 is 1.00 bits per heavy atom. The minimum absolute atomic E-state index is 0.00921. The molecule has 1 saturated heterocycles. The zero-order valence-electron chi connectivity index (χ0n) is 16.9. The van der Waals surface area contributed by atoms with Crippen LogP contribution in [0, 0.1) is 5.92 Å². The van der Waals surface area contributed by atoms with Crippen molar-refractivity contribution in [1.82, 2.24) is 4.31 Å². The standard InChI is InChI=1S/C21H21Cl2NO6S/c1-29-18-7-4-15(22)10-14(18)9-13-3-6-17(25)12-24(21(13)26)31(27,28)20-8-5-16(23)11-19(20)30-2/h4-5,7-8,10-11,13H,3,6,9,12H2,1-2H3. The third-order valence-corrected chi connectivity index (χ3v) is 7.34. The van der Waals surface area contributed by atoms with Crippen molar-refractivity contribution in [3.05, 3.63) is 52.0 Å². The number of ether oxygens (including phenoxy) is 2. The molecule has 2 aromatic carbocycles. The zero-order chi connectivity index (χ0) is 22.8. The average molecular weight is 486 g/mol. The highest BCUT2D eigenvalue weighted by molar-refractivity contribution is 7.89. The van der Waals surface area contributed by atoms with Crippen LogP contribution in [0.3, 0.4) is 0 Å². The van der Waals surface area contributed by atoms with Gasteiger partial charge in [-0.1, -0.05) is 23.2 Å². The van der Waals surface area contributed by atoms with E-state index < -0.39 is 28.4 Å². The Hall–Kier alpha value is -2.29. The molecule has 0 aliphatic carbocycles. The lowest BCUT2D eigenvalue weighted by Gasteiger charge is -2.24. The van der Waals surface area contributed by atoms with Gasteiger partial charge in [0.1, 0.15) is 16.4 Å². The fourth-order valence-electron chi connectivity index (χ4n) is 3.52. The summed E-state index contributed by atoms with van der Waals surface area (Å²) >= 11 is 12.0. The van der Waals surface area contributed by atoms with Gasteiger partial charge in [-0.2, -0.15) is 0 Å². The summed E-state index contributed by atoms with van der Waals surface area (Å²) in [6.45, 7) is -0.532. The van der Waals surface area contributed by atoms with Crippen LogP contribution in [-0.4, -0.2) is 45.2 Å². The minimum Gasteiger partial charge on any atom is -0.496 e. The van der Waals surface area contributed by atoms with E-state index in [0.29, 0.717) is 20.6 Å². The van der Waals surface area contributed by atoms with Crippen molar-refractivity contribution in [2.75, 3.05) is 20.8 Å². The number of amides is 1. The summed E-state index contributed by atoms with van der Waals surface area (Å²) in [7, 11) is -1.56. The van der Waals surface area contributed by atoms with Crippen molar-refractivity contribution >= 4 is 44.9 Å². The third-order valence-electron chi connectivity index (χ3n) is 5.09. The van der Waals surface area contributed by atoms with E-state index in [2.05, 4.69) is 0 Å². The minimum atomic E-state index is -4.35. The van der Waals surface area contributed by atoms with Crippen LogP contribution in [0.25, 0.3) is 0 Å². The Labute approximate surface area is 190 Å². The number of methoxy groups -OCH3 is 2. The van der Waals surface area contributed by atoms with Crippen LogP contribution in [0.15, 0.2) is 41.3 Å². The van der Waals surface area contributed by atoms with Crippen molar-refractivity contribution in [2.45, 2.75) is 24.2 Å². The van der Waals surface area contributed by atoms with E-state index in [-0.39, 0.29) is 40.7 Å². The number of hydrogen-bond acceptors (Lipinski definition) is 6. The Kier molecular flexibility index (Phi) is 7.13. The number of nitrogens with zero attached hydrogens (tertiary/aromatic N) is 1. The Bertz CT molecular complexity index is 1120. The molecular weight excluding hydrogens is 465 g/mol. The topological polar surface area (TPSA) is 90.0 Å². The predicted molar refractivity (Wildman–Crippen MR) is 116 cm³/mol. The van der Waals surface area contributed by atoms with Crippen molar-refractivity contribution in [3.63, 3.8) is 0 Å². The molecule has 0 spiro atoms. The Balaban J connectivity index is 2.00. The molecule has 10 heteroatoms. The summed E-state index contributed by atoms with van der Waals surface area (Å²) in [4.78, 5) is 25.4. The van der Waals surface area contributed by atoms with Crippen LogP contribution in [0.1, 0.15) is 18.4 Å². The summed E-state index contributed by atoms with van der Waals surface area (Å²) < 4.78 is 37.8. The summed E-state index contributed by atoms with van der Waals surface area (Å²) in [5.41, 5.74) is 0.657. The van der Waals surface area contributed by atoms with Crippen molar-refractivity contribution in [3.8, 4) is 11.5 Å². The molecule has 1 atom stereocenters. The molecule has 1 fully saturated rings. The first kappa shape index (κ1) is 23.4. The van der Waals surface area contributed by atoms with Gasteiger partial charge in [0.2, 0.25) is 5.91 Å². The van der Waals surface area contributed by atoms with Gasteiger partial charge in [-0.05, 0) is 48.7 Å². The molecule has 1 aliphatic heterocycles. The summed E-state index contributed by atoms with van der Waals surface area (Å²) in [6, 6.07) is 8.99. The number of carbonyl (C=O) groups is 2. The zero-order valence-corrected chi connectivity index (χ0v) is 19.3. The Morgan fingerprint density at radius 2 is 1.65 bits per heavy atom. The SMILES string of the molecule is COc1ccc(Cl)cc1CC1CCC(=O)CN(S(=O)(=O)c2ccc(Cl)cc2OC)C1=O. The quantitative estimate of drug-likeness (QED) is 0.618. The van der Waals surface area contributed by atoms with Gasteiger partial charge in [-0.15, -0.1) is 0 Å². The molecule has 0 radical (unpaired) electrons. The van der Waals surface area contributed by atoms with Crippen LogP contribution in [0.5, 0.6) is 11.5 Å². The van der Waals surface area contributed by atoms with E-state index in [1.54, 1.807) is 18.2 Å². The van der Waals surface area contributed by atoms with Gasteiger partial charge in [0.05, 0.1) is 20.8 Å². The van der Waals surface area contributed by atoms with Crippen LogP contribution in [0.4, 0.5) is 0 Å². The van der Waals surface area contributed by atoms with Gasteiger partial charge >= 0.3 is 0 Å². The van der Waals surface area contributed by atoms with Gasteiger partial charge < -0.3 is 9.47 Å². The number of benzene rings is 2. The van der Waals surface area contributed by atoms with Gasteiger partial charge in [0.15, 0.2) is 5.78 Å². The highest BCUT2D eigenvalue weighted by atomic mass is 35.5. The van der Waals surface area contributed by atoms with Gasteiger partial charge in [0, 0.05) is 28.5 Å². The van der Waals surface area contributed by atoms with Crippen LogP contribution in [0.2, 0.25) is 10.0 Å². The molecule has 1 unspecified atom stereocenters. The number of ketones is 1. The summed E-state index contributed by atoms with van der Waals surface area (Å²) in [6.07, 6.45) is 0.486. The maximum Gasteiger partial charge on any atom is 0.270 e. The lowest BCUT2D eigenvalue weighted by atomic mass is 9.93. The normalized spacial score (nSPS) is 17.4. The second kappa shape index (κ2) is 9.46. The molecule has 1 aliphatic rings. The van der Waals surface area contributed by atoms with E-state index in [1.165, 1.54) is 32.4 Å². The molecule has 7 nitrogen and oxygen atoms in total. The maximum absolute atomic E-state index is 13.3. The van der Waals surface area contributed by atoms with Crippen LogP contribution >= 0.6 is 23.2 Å². The largest absolute Gasteiger partial charge is 0.496 e. The molecule has 1 amide bonds. The number of rotatable bonds is 6. The number of Topliss-reactive ketones (excluding diaryl/α,β-unsaturated/α-hetero) is 1. The average Bonchev–Trinajstić information content (AvgIpc) is 2.87. The molecular formula is C21H21Cl2NO6S. The first-order valence-electron chi connectivity index (χ1n) is 9.41. The van der Waals surface area contributed by atoms with Crippen LogP contribution in [-0.2, 0) is 26.0 Å². The summed E-state index contributed by atoms with van der Waals surface area (Å²) in [5, 5.41) is 0.739. The van der Waals surface area contributed by atoms with Gasteiger partial charge in [0.25, 0.3) is 10.0 Å². The van der Waals surface area contributed by atoms with Gasteiger partial charge in [-0.25, -0.2) is 12.7 Å². The highest BCUT2D eigenvalue weighted by Crippen LogP contribution is 2.33. The molecule has 0 saturated carbocycles. The predicted octanol–water partition coefficient (Wildman–Crippen LogP) is 3.75.